The van der Waals surface area contributed by atoms with Gasteiger partial charge in [-0.3, -0.25) is 34.5 Å². The van der Waals surface area contributed by atoms with Gasteiger partial charge in [-0.2, -0.15) is 0 Å². The monoisotopic (exact) mass is 715 g/mol. The Bertz CT molecular complexity index is 1810. The zero-order valence-electron chi connectivity index (χ0n) is 28.5. The zero-order chi connectivity index (χ0) is 37.6. The first kappa shape index (κ1) is 38.4. The molecule has 1 fully saturated rings. The Morgan fingerprint density at radius 2 is 1.06 bits per heavy atom. The Morgan fingerprint density at radius 3 is 1.63 bits per heavy atom. The number of nitrogens with two attached hydrogens (primary N) is 4. The van der Waals surface area contributed by atoms with Crippen molar-refractivity contribution in [2.75, 3.05) is 13.1 Å². The molecule has 0 unspecified atom stereocenters. The molecule has 0 radical (unpaired) electrons. The van der Waals surface area contributed by atoms with Crippen LogP contribution in [0.4, 0.5) is 4.79 Å². The predicted molar refractivity (Wildman–Crippen MR) is 196 cm³/mol. The molecule has 3 aromatic carbocycles. The van der Waals surface area contributed by atoms with Crippen molar-refractivity contribution in [1.82, 2.24) is 26.6 Å². The van der Waals surface area contributed by atoms with E-state index in [0.717, 1.165) is 10.8 Å². The van der Waals surface area contributed by atoms with Gasteiger partial charge in [0.1, 0.15) is 29.9 Å². The highest BCUT2D eigenvalue weighted by atomic mass is 16.3. The highest BCUT2D eigenvalue weighted by Gasteiger charge is 2.33. The Balaban J connectivity index is 1.69. The minimum Gasteiger partial charge on any atom is -0.508 e. The summed E-state index contributed by atoms with van der Waals surface area (Å²) in [4.78, 5) is 76.3. The van der Waals surface area contributed by atoms with Crippen LogP contribution in [0.15, 0.2) is 76.7 Å². The van der Waals surface area contributed by atoms with Gasteiger partial charge in [0.05, 0.1) is 0 Å². The molecule has 0 bridgehead atoms. The van der Waals surface area contributed by atoms with Gasteiger partial charge in [-0.1, -0.05) is 54.6 Å². The molecule has 0 aliphatic carbocycles. The van der Waals surface area contributed by atoms with Crippen LogP contribution in [0.25, 0.3) is 10.8 Å². The minimum atomic E-state index is -1.27. The number of phenols is 1. The van der Waals surface area contributed by atoms with Crippen LogP contribution in [0.5, 0.6) is 5.75 Å². The molecule has 1 heterocycles. The number of urea groups is 1. The number of hydrogen-bond donors (Lipinski definition) is 10. The van der Waals surface area contributed by atoms with E-state index in [0.29, 0.717) is 11.1 Å². The fraction of sp³-hybridized carbons (Fsp3) is 0.343. The fourth-order valence-electron chi connectivity index (χ4n) is 5.64. The van der Waals surface area contributed by atoms with Crippen molar-refractivity contribution in [3.8, 4) is 5.75 Å². The summed E-state index contributed by atoms with van der Waals surface area (Å²) in [5, 5.41) is 24.5. The molecule has 3 aromatic rings. The van der Waals surface area contributed by atoms with Gasteiger partial charge in [0.15, 0.2) is 11.9 Å². The second-order valence-corrected chi connectivity index (χ2v) is 12.4. The quantitative estimate of drug-likeness (QED) is 0.0626. The molecule has 52 heavy (non-hydrogen) atoms. The second-order valence-electron chi connectivity index (χ2n) is 12.4. The van der Waals surface area contributed by atoms with Crippen molar-refractivity contribution < 1.29 is 29.1 Å². The van der Waals surface area contributed by atoms with Crippen molar-refractivity contribution in [2.45, 2.75) is 62.7 Å². The second kappa shape index (κ2) is 18.6. The summed E-state index contributed by atoms with van der Waals surface area (Å²) >= 11 is 0. The molecule has 4 rings (SSSR count). The first-order valence-corrected chi connectivity index (χ1v) is 16.8. The number of amides is 6. The summed E-state index contributed by atoms with van der Waals surface area (Å²) in [5.74, 6) is -3.27. The molecule has 0 spiro atoms. The maximum atomic E-state index is 13.8. The summed E-state index contributed by atoms with van der Waals surface area (Å²) in [5.41, 5.74) is 23.1. The average molecular weight is 716 g/mol. The molecule has 4 atom stereocenters. The SMILES string of the molecule is NC(N)=NCCC[C@@H]1NC(=O)[C@H](CCCN=C(N)N)NC(=O)[C@@H](Cc2ccc(O)cc2)NC(=O)NC(=O)[C@H](Cc2ccc3ccccc3c2)NC1=O. The van der Waals surface area contributed by atoms with Crippen LogP contribution in [0.2, 0.25) is 0 Å². The topological polar surface area (TPSA) is 295 Å². The number of phenolic OH excluding ortho intramolecular Hbond substituents is 1. The van der Waals surface area contributed by atoms with Gasteiger partial charge in [0.25, 0.3) is 5.91 Å². The fourth-order valence-corrected chi connectivity index (χ4v) is 5.64. The van der Waals surface area contributed by atoms with Crippen molar-refractivity contribution in [3.05, 3.63) is 77.9 Å². The molecule has 1 aliphatic rings. The molecule has 1 saturated heterocycles. The lowest BCUT2D eigenvalue weighted by atomic mass is 10.00. The summed E-state index contributed by atoms with van der Waals surface area (Å²) in [6.07, 6.45) is 0.623. The molecule has 17 nitrogen and oxygen atoms in total. The largest absolute Gasteiger partial charge is 0.508 e. The number of nitrogens with one attached hydrogen (secondary N) is 5. The number of guanidine groups is 2. The lowest BCUT2D eigenvalue weighted by Crippen LogP contribution is -2.61. The standard InChI is InChI=1S/C35H45N11O6/c36-33(37)40-15-3-7-25-29(48)42-26(8-4-16-41-34(38)39)30(49)44-27(19-21-9-12-22-5-1-2-6-23(22)17-21)32(51)46-35(52)45-28(31(50)43-25)18-20-10-13-24(47)14-11-20/h1-2,5-6,9-14,17,25-28,47H,3-4,7-8,15-16,18-19H2,(H,42,48)(H,43,50)(H,44,49)(H4,36,37,40)(H4,38,39,41)(H2,45,46,51,52)/t25-,26-,27-,28+/m0/s1. The van der Waals surface area contributed by atoms with E-state index in [1.165, 1.54) is 12.1 Å². The van der Waals surface area contributed by atoms with E-state index in [1.54, 1.807) is 12.1 Å². The Kier molecular flexibility index (Phi) is 13.7. The first-order chi connectivity index (χ1) is 24.9. The number of aliphatic imine (C=N–C) groups is 2. The number of benzene rings is 3. The van der Waals surface area contributed by atoms with E-state index in [1.807, 2.05) is 42.5 Å². The maximum absolute atomic E-state index is 13.8. The lowest BCUT2D eigenvalue weighted by Gasteiger charge is -2.28. The molecule has 17 heteroatoms. The maximum Gasteiger partial charge on any atom is 0.322 e. The van der Waals surface area contributed by atoms with Crippen molar-refractivity contribution >= 4 is 52.4 Å². The van der Waals surface area contributed by atoms with Crippen LogP contribution in [0.1, 0.15) is 36.8 Å². The third kappa shape index (κ3) is 11.9. The van der Waals surface area contributed by atoms with Crippen LogP contribution in [0, 0.1) is 0 Å². The predicted octanol–water partition coefficient (Wildman–Crippen LogP) is -0.900. The summed E-state index contributed by atoms with van der Waals surface area (Å²) in [7, 11) is 0. The summed E-state index contributed by atoms with van der Waals surface area (Å²) in [6, 6.07) is 13.3. The molecular formula is C35H45N11O6. The van der Waals surface area contributed by atoms with E-state index in [2.05, 4.69) is 36.6 Å². The van der Waals surface area contributed by atoms with Crippen LogP contribution < -0.4 is 49.5 Å². The van der Waals surface area contributed by atoms with Gasteiger partial charge in [-0.25, -0.2) is 4.79 Å². The summed E-state index contributed by atoms with van der Waals surface area (Å²) < 4.78 is 0. The number of hydrogen-bond acceptors (Lipinski definition) is 8. The van der Waals surface area contributed by atoms with E-state index < -0.39 is 53.8 Å². The Morgan fingerprint density at radius 1 is 0.577 bits per heavy atom. The number of aromatic hydroxyl groups is 1. The van der Waals surface area contributed by atoms with Gasteiger partial charge in [-0.05, 0) is 59.7 Å². The third-order valence-electron chi connectivity index (χ3n) is 8.28. The van der Waals surface area contributed by atoms with E-state index in [4.69, 9.17) is 22.9 Å². The Hall–Kier alpha value is -6.39. The molecule has 14 N–H and O–H groups in total. The minimum absolute atomic E-state index is 0.000345. The number of carbonyl (C=O) groups is 5. The number of carbonyl (C=O) groups excluding carboxylic acids is 5. The number of rotatable bonds is 12. The van der Waals surface area contributed by atoms with Crippen LogP contribution in [-0.4, -0.2) is 83.9 Å². The number of imide groups is 1. The first-order valence-electron chi connectivity index (χ1n) is 16.8. The highest BCUT2D eigenvalue weighted by Crippen LogP contribution is 2.17. The molecule has 1 aliphatic heterocycles. The highest BCUT2D eigenvalue weighted by molar-refractivity contribution is 6.02. The molecular weight excluding hydrogens is 670 g/mol. The average Bonchev–Trinajstić information content (AvgIpc) is 3.10. The van der Waals surface area contributed by atoms with Gasteiger partial charge >= 0.3 is 6.03 Å². The number of fused-ring (bicyclic) bond motifs is 1. The van der Waals surface area contributed by atoms with Crippen molar-refractivity contribution in [1.29, 1.82) is 0 Å². The van der Waals surface area contributed by atoms with Crippen LogP contribution >= 0.6 is 0 Å². The zero-order valence-corrected chi connectivity index (χ0v) is 28.5. The molecule has 276 valence electrons. The van der Waals surface area contributed by atoms with E-state index >= 15 is 0 Å². The van der Waals surface area contributed by atoms with Gasteiger partial charge in [0.2, 0.25) is 17.7 Å². The van der Waals surface area contributed by atoms with E-state index in [-0.39, 0.29) is 69.3 Å². The summed E-state index contributed by atoms with van der Waals surface area (Å²) in [6.45, 7) is 0.307. The molecule has 0 aromatic heterocycles. The molecule has 0 saturated carbocycles. The van der Waals surface area contributed by atoms with Crippen molar-refractivity contribution in [3.63, 3.8) is 0 Å². The Labute approximate surface area is 300 Å². The third-order valence-corrected chi connectivity index (χ3v) is 8.28. The van der Waals surface area contributed by atoms with Gasteiger partial charge in [0, 0.05) is 25.9 Å². The van der Waals surface area contributed by atoms with E-state index in [9.17, 15) is 29.1 Å². The van der Waals surface area contributed by atoms with Crippen LogP contribution in [0.3, 0.4) is 0 Å². The molecule has 6 amide bonds. The van der Waals surface area contributed by atoms with Crippen molar-refractivity contribution in [2.24, 2.45) is 32.9 Å². The van der Waals surface area contributed by atoms with Crippen LogP contribution in [-0.2, 0) is 32.0 Å². The lowest BCUT2D eigenvalue weighted by molar-refractivity contribution is -0.134. The smallest absolute Gasteiger partial charge is 0.322 e. The van der Waals surface area contributed by atoms with Gasteiger partial charge < -0.3 is 49.3 Å². The normalized spacial score (nSPS) is 20.0. The number of nitrogens with zero attached hydrogens (tertiary/aromatic N) is 2. The van der Waals surface area contributed by atoms with Gasteiger partial charge in [-0.15, -0.1) is 0 Å².